The van der Waals surface area contributed by atoms with Crippen molar-refractivity contribution in [1.82, 2.24) is 5.32 Å². The van der Waals surface area contributed by atoms with Gasteiger partial charge in [0.25, 0.3) is 0 Å². The number of hydrogen-bond donors (Lipinski definition) is 2. The molecule has 2 N–H and O–H groups in total. The van der Waals surface area contributed by atoms with E-state index in [2.05, 4.69) is 10.6 Å². The second-order valence-electron chi connectivity index (χ2n) is 6.40. The molecule has 1 heterocycles. The van der Waals surface area contributed by atoms with E-state index in [0.29, 0.717) is 17.6 Å². The molecule has 1 aromatic carbocycles. The van der Waals surface area contributed by atoms with Crippen molar-refractivity contribution in [3.63, 3.8) is 0 Å². The van der Waals surface area contributed by atoms with Crippen LogP contribution in [0.3, 0.4) is 0 Å². The summed E-state index contributed by atoms with van der Waals surface area (Å²) < 4.78 is 23.1. The van der Waals surface area contributed by atoms with Crippen LogP contribution in [0.25, 0.3) is 0 Å². The SMILES string of the molecule is CS(=O)(=O)c1cccc(NC(=O)C2CC3CCCCC3N2)c1.Cl. The maximum atomic E-state index is 12.4. The van der Waals surface area contributed by atoms with Crippen molar-refractivity contribution in [2.24, 2.45) is 5.92 Å². The summed E-state index contributed by atoms with van der Waals surface area (Å²) in [5.74, 6) is 0.534. The van der Waals surface area contributed by atoms with E-state index in [1.165, 1.54) is 31.4 Å². The fourth-order valence-corrected chi connectivity index (χ4v) is 4.22. The predicted octanol–water partition coefficient (Wildman–Crippen LogP) is 2.37. The predicted molar refractivity (Wildman–Crippen MR) is 92.7 cm³/mol. The lowest BCUT2D eigenvalue weighted by Crippen LogP contribution is -2.39. The second kappa shape index (κ2) is 7.20. The number of fused-ring (bicyclic) bond motifs is 1. The molecule has 3 rings (SSSR count). The zero-order valence-electron chi connectivity index (χ0n) is 13.1. The minimum absolute atomic E-state index is 0. The maximum Gasteiger partial charge on any atom is 0.241 e. The minimum atomic E-state index is -3.26. The molecule has 2 fully saturated rings. The summed E-state index contributed by atoms with van der Waals surface area (Å²) >= 11 is 0. The van der Waals surface area contributed by atoms with E-state index in [1.54, 1.807) is 12.1 Å². The highest BCUT2D eigenvalue weighted by atomic mass is 35.5. The van der Waals surface area contributed by atoms with Gasteiger partial charge in [-0.1, -0.05) is 18.9 Å². The molecule has 0 spiro atoms. The molecule has 1 saturated carbocycles. The summed E-state index contributed by atoms with van der Waals surface area (Å²) in [4.78, 5) is 12.6. The van der Waals surface area contributed by atoms with Crippen molar-refractivity contribution in [3.8, 4) is 0 Å². The summed E-state index contributed by atoms with van der Waals surface area (Å²) in [6.07, 6.45) is 6.88. The Morgan fingerprint density at radius 2 is 2.00 bits per heavy atom. The van der Waals surface area contributed by atoms with Gasteiger partial charge in [0.05, 0.1) is 10.9 Å². The molecule has 23 heavy (non-hydrogen) atoms. The fourth-order valence-electron chi connectivity index (χ4n) is 3.55. The van der Waals surface area contributed by atoms with Crippen molar-refractivity contribution >= 4 is 33.8 Å². The third-order valence-electron chi connectivity index (χ3n) is 4.71. The van der Waals surface area contributed by atoms with Crippen LogP contribution < -0.4 is 10.6 Å². The molecule has 1 aliphatic heterocycles. The molecule has 0 aromatic heterocycles. The highest BCUT2D eigenvalue weighted by Crippen LogP contribution is 2.33. The molecule has 0 bridgehead atoms. The van der Waals surface area contributed by atoms with Gasteiger partial charge in [0.15, 0.2) is 9.84 Å². The Hall–Kier alpha value is -1.11. The summed E-state index contributed by atoms with van der Waals surface area (Å²) in [7, 11) is -3.26. The van der Waals surface area contributed by atoms with Crippen LogP contribution in [0.1, 0.15) is 32.1 Å². The largest absolute Gasteiger partial charge is 0.325 e. The molecular weight excluding hydrogens is 336 g/mol. The average Bonchev–Trinajstić information content (AvgIpc) is 2.90. The highest BCUT2D eigenvalue weighted by Gasteiger charge is 2.38. The van der Waals surface area contributed by atoms with Gasteiger partial charge in [0, 0.05) is 18.0 Å². The lowest BCUT2D eigenvalue weighted by molar-refractivity contribution is -0.117. The third kappa shape index (κ3) is 4.25. The first-order valence-electron chi connectivity index (χ1n) is 7.80. The number of hydrogen-bond acceptors (Lipinski definition) is 4. The zero-order chi connectivity index (χ0) is 15.7. The van der Waals surface area contributed by atoms with Gasteiger partial charge in [-0.25, -0.2) is 8.42 Å². The van der Waals surface area contributed by atoms with Crippen molar-refractivity contribution in [1.29, 1.82) is 0 Å². The number of sulfone groups is 1. The van der Waals surface area contributed by atoms with Gasteiger partial charge >= 0.3 is 0 Å². The molecule has 5 nitrogen and oxygen atoms in total. The molecule has 3 unspecified atom stereocenters. The van der Waals surface area contributed by atoms with Crippen molar-refractivity contribution in [2.45, 2.75) is 49.1 Å². The van der Waals surface area contributed by atoms with Crippen LogP contribution >= 0.6 is 12.4 Å². The Morgan fingerprint density at radius 1 is 1.26 bits per heavy atom. The zero-order valence-corrected chi connectivity index (χ0v) is 14.8. The van der Waals surface area contributed by atoms with E-state index in [9.17, 15) is 13.2 Å². The lowest BCUT2D eigenvalue weighted by atomic mass is 9.85. The number of amides is 1. The van der Waals surface area contributed by atoms with Gasteiger partial charge in [0.1, 0.15) is 0 Å². The van der Waals surface area contributed by atoms with E-state index < -0.39 is 9.84 Å². The van der Waals surface area contributed by atoms with Gasteiger partial charge in [-0.2, -0.15) is 0 Å². The van der Waals surface area contributed by atoms with E-state index >= 15 is 0 Å². The van der Waals surface area contributed by atoms with Crippen LogP contribution in [0.2, 0.25) is 0 Å². The van der Waals surface area contributed by atoms with Crippen LogP contribution in [-0.4, -0.2) is 32.7 Å². The van der Waals surface area contributed by atoms with Gasteiger partial charge < -0.3 is 10.6 Å². The highest BCUT2D eigenvalue weighted by molar-refractivity contribution is 7.90. The minimum Gasteiger partial charge on any atom is -0.325 e. The smallest absolute Gasteiger partial charge is 0.241 e. The van der Waals surface area contributed by atoms with Crippen molar-refractivity contribution in [3.05, 3.63) is 24.3 Å². The molecule has 1 aliphatic carbocycles. The first kappa shape index (κ1) is 18.2. The van der Waals surface area contributed by atoms with Crippen LogP contribution in [-0.2, 0) is 14.6 Å². The molecule has 3 atom stereocenters. The summed E-state index contributed by atoms with van der Waals surface area (Å²) in [5, 5.41) is 6.27. The van der Waals surface area contributed by atoms with E-state index in [-0.39, 0.29) is 29.3 Å². The maximum absolute atomic E-state index is 12.4. The van der Waals surface area contributed by atoms with Crippen LogP contribution in [0.4, 0.5) is 5.69 Å². The monoisotopic (exact) mass is 358 g/mol. The first-order chi connectivity index (χ1) is 10.4. The summed E-state index contributed by atoms with van der Waals surface area (Å²) in [6.45, 7) is 0. The number of benzene rings is 1. The van der Waals surface area contributed by atoms with E-state index in [4.69, 9.17) is 0 Å². The Bertz CT molecular complexity index is 664. The van der Waals surface area contributed by atoms with Gasteiger partial charge in [-0.15, -0.1) is 12.4 Å². The Morgan fingerprint density at radius 3 is 2.70 bits per heavy atom. The number of rotatable bonds is 3. The Balaban J connectivity index is 0.00000192. The normalized spacial score (nSPS) is 26.9. The number of nitrogens with one attached hydrogen (secondary N) is 2. The van der Waals surface area contributed by atoms with Crippen LogP contribution in [0.15, 0.2) is 29.2 Å². The second-order valence-corrected chi connectivity index (χ2v) is 8.41. The average molecular weight is 359 g/mol. The Labute approximate surface area is 143 Å². The summed E-state index contributed by atoms with van der Waals surface area (Å²) in [6, 6.07) is 6.70. The topological polar surface area (TPSA) is 75.3 Å². The molecular formula is C16H23ClN2O3S. The van der Waals surface area contributed by atoms with Gasteiger partial charge in [0.2, 0.25) is 5.91 Å². The molecule has 128 valence electrons. The van der Waals surface area contributed by atoms with Crippen molar-refractivity contribution < 1.29 is 13.2 Å². The summed E-state index contributed by atoms with van der Waals surface area (Å²) in [5.41, 5.74) is 0.532. The van der Waals surface area contributed by atoms with E-state index in [0.717, 1.165) is 19.1 Å². The van der Waals surface area contributed by atoms with Crippen LogP contribution in [0.5, 0.6) is 0 Å². The molecule has 1 aromatic rings. The standard InChI is InChI=1S/C16H22N2O3S.ClH/c1-22(20,21)13-7-4-6-12(10-13)17-16(19)15-9-11-5-2-3-8-14(11)18-15;/h4,6-7,10-11,14-15,18H,2-3,5,8-9H2,1H3,(H,17,19);1H. The lowest BCUT2D eigenvalue weighted by Gasteiger charge is -2.24. The van der Waals surface area contributed by atoms with Gasteiger partial charge in [-0.05, 0) is 43.4 Å². The van der Waals surface area contributed by atoms with Gasteiger partial charge in [-0.3, -0.25) is 4.79 Å². The molecule has 1 amide bonds. The number of carbonyl (C=O) groups is 1. The number of carbonyl (C=O) groups excluding carboxylic acids is 1. The number of anilines is 1. The number of halogens is 1. The third-order valence-corrected chi connectivity index (χ3v) is 5.82. The fraction of sp³-hybridized carbons (Fsp3) is 0.562. The van der Waals surface area contributed by atoms with E-state index in [1.807, 2.05) is 0 Å². The first-order valence-corrected chi connectivity index (χ1v) is 9.69. The van der Waals surface area contributed by atoms with Crippen LogP contribution in [0, 0.1) is 5.92 Å². The Kier molecular flexibility index (Phi) is 5.70. The molecule has 0 radical (unpaired) electrons. The molecule has 2 aliphatic rings. The molecule has 1 saturated heterocycles. The quantitative estimate of drug-likeness (QED) is 0.869. The van der Waals surface area contributed by atoms with Crippen molar-refractivity contribution in [2.75, 3.05) is 11.6 Å². The molecule has 7 heteroatoms.